The maximum absolute atomic E-state index is 13.1. The van der Waals surface area contributed by atoms with E-state index in [1.54, 1.807) is 29.0 Å². The molecule has 0 radical (unpaired) electrons. The molecule has 0 aliphatic heterocycles. The molecule has 0 saturated heterocycles. The highest BCUT2D eigenvalue weighted by Gasteiger charge is 2.18. The van der Waals surface area contributed by atoms with Gasteiger partial charge in [-0.1, -0.05) is 11.3 Å². The molecule has 0 amide bonds. The van der Waals surface area contributed by atoms with Crippen molar-refractivity contribution < 1.29 is 9.50 Å². The molecule has 3 heterocycles. The zero-order valence-corrected chi connectivity index (χ0v) is 12.7. The summed E-state index contributed by atoms with van der Waals surface area (Å²) in [5.41, 5.74) is 2.90. The Morgan fingerprint density at radius 1 is 1.04 bits per heavy atom. The Hall–Kier alpha value is -2.64. The fraction of sp³-hybridized carbons (Fsp3) is 0.0625. The molecular weight excluding hydrogens is 315 g/mol. The summed E-state index contributed by atoms with van der Waals surface area (Å²) in [6.07, 6.45) is 3.41. The van der Waals surface area contributed by atoms with Crippen LogP contribution in [0.4, 0.5) is 4.39 Å². The van der Waals surface area contributed by atoms with Crippen LogP contribution in [0, 0.1) is 5.82 Å². The van der Waals surface area contributed by atoms with Crippen molar-refractivity contribution in [3.8, 4) is 21.8 Å². The van der Waals surface area contributed by atoms with Crippen LogP contribution in [0.5, 0.6) is 0 Å². The van der Waals surface area contributed by atoms with Gasteiger partial charge in [-0.2, -0.15) is 5.10 Å². The highest BCUT2D eigenvalue weighted by molar-refractivity contribution is 7.19. The predicted molar refractivity (Wildman–Crippen MR) is 85.4 cm³/mol. The number of benzene rings is 1. The van der Waals surface area contributed by atoms with E-state index < -0.39 is 0 Å². The molecule has 0 unspecified atom stereocenters. The van der Waals surface area contributed by atoms with Gasteiger partial charge in [0.25, 0.3) is 0 Å². The van der Waals surface area contributed by atoms with Gasteiger partial charge >= 0.3 is 0 Å². The Balaban J connectivity index is 1.85. The zero-order valence-electron chi connectivity index (χ0n) is 11.8. The second-order valence-electron chi connectivity index (χ2n) is 4.91. The van der Waals surface area contributed by atoms with Gasteiger partial charge in [0.1, 0.15) is 10.8 Å². The molecule has 0 fully saturated rings. The molecule has 4 rings (SSSR count). The summed E-state index contributed by atoms with van der Waals surface area (Å²) >= 11 is 1.43. The molecule has 5 nitrogen and oxygen atoms in total. The summed E-state index contributed by atoms with van der Waals surface area (Å²) in [6, 6.07) is 9.78. The summed E-state index contributed by atoms with van der Waals surface area (Å²) in [5.74, 6) is -0.307. The molecule has 7 heteroatoms. The molecule has 0 atom stereocenters. The number of nitrogens with zero attached hydrogens (tertiary/aromatic N) is 4. The SMILES string of the molecule is OCc1c(-c2ccc(F)cc2)nc2sc(-c3ccncc3)nn12. The summed E-state index contributed by atoms with van der Waals surface area (Å²) < 4.78 is 14.7. The first-order chi connectivity index (χ1) is 11.3. The number of imidazole rings is 1. The third-order valence-corrected chi connectivity index (χ3v) is 4.45. The van der Waals surface area contributed by atoms with Gasteiger partial charge in [0.05, 0.1) is 18.0 Å². The number of aliphatic hydroxyl groups is 1. The summed E-state index contributed by atoms with van der Waals surface area (Å²) in [5, 5.41) is 15.1. The summed E-state index contributed by atoms with van der Waals surface area (Å²) in [7, 11) is 0. The van der Waals surface area contributed by atoms with E-state index in [0.29, 0.717) is 16.3 Å². The average Bonchev–Trinajstić information content (AvgIpc) is 3.14. The van der Waals surface area contributed by atoms with Gasteiger partial charge < -0.3 is 5.11 Å². The number of aliphatic hydroxyl groups excluding tert-OH is 1. The second kappa shape index (κ2) is 5.53. The number of hydrogen-bond acceptors (Lipinski definition) is 5. The van der Waals surface area contributed by atoms with Crippen molar-refractivity contribution in [1.29, 1.82) is 0 Å². The van der Waals surface area contributed by atoms with Crippen LogP contribution in [-0.4, -0.2) is 24.7 Å². The normalized spacial score (nSPS) is 11.2. The molecule has 4 aromatic rings. The minimum absolute atomic E-state index is 0.201. The van der Waals surface area contributed by atoms with Crippen molar-refractivity contribution >= 4 is 16.3 Å². The van der Waals surface area contributed by atoms with E-state index in [4.69, 9.17) is 0 Å². The van der Waals surface area contributed by atoms with Crippen molar-refractivity contribution in [2.24, 2.45) is 0 Å². The third-order valence-electron chi connectivity index (χ3n) is 3.49. The van der Waals surface area contributed by atoms with Crippen LogP contribution in [-0.2, 0) is 6.61 Å². The van der Waals surface area contributed by atoms with E-state index in [1.165, 1.54) is 23.5 Å². The largest absolute Gasteiger partial charge is 0.390 e. The van der Waals surface area contributed by atoms with Crippen molar-refractivity contribution in [1.82, 2.24) is 19.6 Å². The van der Waals surface area contributed by atoms with E-state index in [2.05, 4.69) is 15.1 Å². The molecule has 0 spiro atoms. The van der Waals surface area contributed by atoms with Crippen LogP contribution in [0.25, 0.3) is 26.8 Å². The quantitative estimate of drug-likeness (QED) is 0.628. The fourth-order valence-electron chi connectivity index (χ4n) is 2.38. The number of halogens is 1. The Labute approximate surface area is 134 Å². The number of hydrogen-bond donors (Lipinski definition) is 1. The topological polar surface area (TPSA) is 63.3 Å². The molecule has 23 heavy (non-hydrogen) atoms. The van der Waals surface area contributed by atoms with Crippen molar-refractivity contribution in [2.45, 2.75) is 6.61 Å². The van der Waals surface area contributed by atoms with Crippen LogP contribution < -0.4 is 0 Å². The Kier molecular flexibility index (Phi) is 3.36. The lowest BCUT2D eigenvalue weighted by Gasteiger charge is -2.01. The predicted octanol–water partition coefficient (Wildman–Crippen LogP) is 3.15. The minimum Gasteiger partial charge on any atom is -0.390 e. The van der Waals surface area contributed by atoms with Crippen LogP contribution in [0.3, 0.4) is 0 Å². The first-order valence-electron chi connectivity index (χ1n) is 6.92. The number of fused-ring (bicyclic) bond motifs is 1. The van der Waals surface area contributed by atoms with Crippen LogP contribution in [0.2, 0.25) is 0 Å². The molecule has 0 bridgehead atoms. The van der Waals surface area contributed by atoms with E-state index in [0.717, 1.165) is 16.1 Å². The maximum Gasteiger partial charge on any atom is 0.213 e. The molecule has 3 aromatic heterocycles. The molecule has 0 aliphatic rings. The lowest BCUT2D eigenvalue weighted by molar-refractivity contribution is 0.275. The van der Waals surface area contributed by atoms with Crippen LogP contribution >= 0.6 is 11.3 Å². The van der Waals surface area contributed by atoms with Gasteiger partial charge in [-0.05, 0) is 36.4 Å². The van der Waals surface area contributed by atoms with Gasteiger partial charge in [0, 0.05) is 23.5 Å². The minimum atomic E-state index is -0.307. The Bertz CT molecular complexity index is 963. The Morgan fingerprint density at radius 3 is 2.48 bits per heavy atom. The standard InChI is InChI=1S/C16H11FN4OS/c17-12-3-1-10(2-4-12)14-13(9-22)21-16(19-14)23-15(20-21)11-5-7-18-8-6-11/h1-8,22H,9H2. The van der Waals surface area contributed by atoms with Gasteiger partial charge in [-0.25, -0.2) is 13.9 Å². The van der Waals surface area contributed by atoms with Gasteiger partial charge in [-0.15, -0.1) is 0 Å². The van der Waals surface area contributed by atoms with E-state index in [-0.39, 0.29) is 12.4 Å². The number of pyridine rings is 1. The van der Waals surface area contributed by atoms with Crippen molar-refractivity contribution in [3.05, 3.63) is 60.3 Å². The lowest BCUT2D eigenvalue weighted by Crippen LogP contribution is -1.96. The third kappa shape index (κ3) is 2.39. The van der Waals surface area contributed by atoms with Gasteiger partial charge in [0.2, 0.25) is 4.96 Å². The van der Waals surface area contributed by atoms with E-state index in [1.807, 2.05) is 12.1 Å². The molecule has 0 aliphatic carbocycles. The van der Waals surface area contributed by atoms with E-state index in [9.17, 15) is 9.50 Å². The molecule has 0 saturated carbocycles. The average molecular weight is 326 g/mol. The van der Waals surface area contributed by atoms with Crippen molar-refractivity contribution in [2.75, 3.05) is 0 Å². The summed E-state index contributed by atoms with van der Waals surface area (Å²) in [4.78, 5) is 9.22. The van der Waals surface area contributed by atoms with Gasteiger partial charge in [0.15, 0.2) is 0 Å². The lowest BCUT2D eigenvalue weighted by atomic mass is 10.1. The van der Waals surface area contributed by atoms with Crippen LogP contribution in [0.1, 0.15) is 5.69 Å². The smallest absolute Gasteiger partial charge is 0.213 e. The second-order valence-corrected chi connectivity index (χ2v) is 5.87. The first kappa shape index (κ1) is 14.0. The fourth-order valence-corrected chi connectivity index (χ4v) is 3.31. The highest BCUT2D eigenvalue weighted by atomic mass is 32.1. The number of rotatable bonds is 3. The number of aromatic nitrogens is 4. The molecule has 1 aromatic carbocycles. The Morgan fingerprint density at radius 2 is 1.78 bits per heavy atom. The monoisotopic (exact) mass is 326 g/mol. The molecule has 114 valence electrons. The maximum atomic E-state index is 13.1. The highest BCUT2D eigenvalue weighted by Crippen LogP contribution is 2.30. The summed E-state index contributed by atoms with van der Waals surface area (Å²) in [6.45, 7) is -0.201. The van der Waals surface area contributed by atoms with Crippen LogP contribution in [0.15, 0.2) is 48.8 Å². The van der Waals surface area contributed by atoms with E-state index >= 15 is 0 Å². The first-order valence-corrected chi connectivity index (χ1v) is 7.73. The molecule has 1 N–H and O–H groups in total. The zero-order chi connectivity index (χ0) is 15.8. The van der Waals surface area contributed by atoms with Gasteiger partial charge in [-0.3, -0.25) is 4.98 Å². The molecular formula is C16H11FN4OS. The van der Waals surface area contributed by atoms with Crippen molar-refractivity contribution in [3.63, 3.8) is 0 Å².